The number of fused-ring (bicyclic) bond motifs is 3. The van der Waals surface area contributed by atoms with E-state index >= 15 is 0 Å². The molecule has 2 heterocycles. The summed E-state index contributed by atoms with van der Waals surface area (Å²) >= 11 is 0. The van der Waals surface area contributed by atoms with Gasteiger partial charge in [0.05, 0.1) is 13.2 Å². The third-order valence-corrected chi connectivity index (χ3v) is 7.78. The lowest BCUT2D eigenvalue weighted by Gasteiger charge is -2.64. The fourth-order valence-electron chi connectivity index (χ4n) is 7.12. The van der Waals surface area contributed by atoms with Crippen molar-refractivity contribution in [2.45, 2.75) is 90.3 Å². The molecule has 7 atom stereocenters. The minimum absolute atomic E-state index is 0.0594. The molecule has 0 N–H and O–H groups in total. The smallest absolute Gasteiger partial charge is 0.337 e. The number of carbonyl (C=O) groups excluding carboxylic acids is 2. The van der Waals surface area contributed by atoms with Crippen molar-refractivity contribution in [1.29, 1.82) is 0 Å². The molecule has 4 fully saturated rings. The first-order valence-electron chi connectivity index (χ1n) is 10.2. The Balaban J connectivity index is 1.75. The molecule has 2 bridgehead atoms. The summed E-state index contributed by atoms with van der Waals surface area (Å²) in [5.41, 5.74) is 0.0159. The van der Waals surface area contributed by atoms with Crippen LogP contribution in [0.25, 0.3) is 0 Å². The van der Waals surface area contributed by atoms with E-state index in [0.717, 1.165) is 32.1 Å². The molecule has 0 aromatic carbocycles. The first kappa shape index (κ1) is 19.2. The van der Waals surface area contributed by atoms with Gasteiger partial charge in [0.15, 0.2) is 11.9 Å². The molecule has 27 heavy (non-hydrogen) atoms. The number of rotatable bonds is 2. The summed E-state index contributed by atoms with van der Waals surface area (Å²) in [6.07, 6.45) is 4.35. The largest absolute Gasteiger partial charge is 0.467 e. The van der Waals surface area contributed by atoms with E-state index in [1.54, 1.807) is 0 Å². The van der Waals surface area contributed by atoms with E-state index in [4.69, 9.17) is 18.9 Å². The van der Waals surface area contributed by atoms with Crippen molar-refractivity contribution in [3.63, 3.8) is 0 Å². The van der Waals surface area contributed by atoms with Gasteiger partial charge in [-0.15, -0.1) is 0 Å². The van der Waals surface area contributed by atoms with E-state index in [0.29, 0.717) is 6.42 Å². The SMILES string of the molecule is COC(=O)[C@@H]1O[C@]23C[C@H](OC(C)=O)[C@@H]4C(C)(C)CCC[C@]4(C)[C@@H]2CC[C@H]1O3. The number of carbonyl (C=O) groups is 2. The maximum absolute atomic E-state index is 12.2. The molecule has 6 nitrogen and oxygen atoms in total. The van der Waals surface area contributed by atoms with E-state index in [9.17, 15) is 9.59 Å². The zero-order chi connectivity index (χ0) is 19.6. The molecular formula is C21H32O6. The van der Waals surface area contributed by atoms with Crippen LogP contribution in [0, 0.1) is 22.7 Å². The molecule has 0 aromatic rings. The van der Waals surface area contributed by atoms with Gasteiger partial charge in [0, 0.05) is 25.2 Å². The summed E-state index contributed by atoms with van der Waals surface area (Å²) in [5, 5.41) is 0. The Kier molecular flexibility index (Phi) is 4.39. The monoisotopic (exact) mass is 380 g/mol. The zero-order valence-corrected chi connectivity index (χ0v) is 17.1. The number of esters is 2. The molecule has 1 spiro atoms. The van der Waals surface area contributed by atoms with Crippen LogP contribution in [-0.2, 0) is 28.5 Å². The van der Waals surface area contributed by atoms with E-state index in [1.165, 1.54) is 14.0 Å². The highest BCUT2D eigenvalue weighted by molar-refractivity contribution is 5.75. The van der Waals surface area contributed by atoms with Gasteiger partial charge in [-0.1, -0.05) is 27.2 Å². The summed E-state index contributed by atoms with van der Waals surface area (Å²) in [5.74, 6) is -1.07. The fourth-order valence-corrected chi connectivity index (χ4v) is 7.12. The third kappa shape index (κ3) is 2.74. The first-order chi connectivity index (χ1) is 12.6. The molecule has 4 rings (SSSR count). The van der Waals surface area contributed by atoms with Crippen LogP contribution in [0.15, 0.2) is 0 Å². The molecule has 2 aliphatic heterocycles. The first-order valence-corrected chi connectivity index (χ1v) is 10.2. The highest BCUT2D eigenvalue weighted by Crippen LogP contribution is 2.67. The van der Waals surface area contributed by atoms with Gasteiger partial charge in [-0.2, -0.15) is 0 Å². The lowest BCUT2D eigenvalue weighted by atomic mass is 9.45. The molecular weight excluding hydrogens is 348 g/mol. The van der Waals surface area contributed by atoms with Crippen LogP contribution in [0.1, 0.15) is 66.2 Å². The van der Waals surface area contributed by atoms with Gasteiger partial charge in [0.25, 0.3) is 0 Å². The van der Waals surface area contributed by atoms with Gasteiger partial charge in [0.2, 0.25) is 0 Å². The van der Waals surface area contributed by atoms with Crippen molar-refractivity contribution in [3.05, 3.63) is 0 Å². The predicted molar refractivity (Wildman–Crippen MR) is 96.6 cm³/mol. The molecule has 0 aromatic heterocycles. The second-order valence-corrected chi connectivity index (χ2v) is 9.84. The molecule has 2 aliphatic carbocycles. The molecule has 0 unspecified atom stereocenters. The molecule has 6 heteroatoms. The minimum Gasteiger partial charge on any atom is -0.467 e. The van der Waals surface area contributed by atoms with Crippen molar-refractivity contribution < 1.29 is 28.5 Å². The van der Waals surface area contributed by atoms with Crippen molar-refractivity contribution in [1.82, 2.24) is 0 Å². The molecule has 0 amide bonds. The topological polar surface area (TPSA) is 71.1 Å². The van der Waals surface area contributed by atoms with Gasteiger partial charge >= 0.3 is 11.9 Å². The van der Waals surface area contributed by atoms with Crippen LogP contribution in [0.2, 0.25) is 0 Å². The quantitative estimate of drug-likeness (QED) is 0.685. The van der Waals surface area contributed by atoms with E-state index in [2.05, 4.69) is 20.8 Å². The lowest BCUT2D eigenvalue weighted by Crippen LogP contribution is -2.65. The van der Waals surface area contributed by atoms with Crippen molar-refractivity contribution in [2.75, 3.05) is 7.11 Å². The average Bonchev–Trinajstić information content (AvgIpc) is 2.83. The molecule has 0 radical (unpaired) electrons. The Morgan fingerprint density at radius 1 is 1.07 bits per heavy atom. The summed E-state index contributed by atoms with van der Waals surface area (Å²) in [6, 6.07) is 0. The Labute approximate surface area is 161 Å². The number of methoxy groups -OCH3 is 1. The van der Waals surface area contributed by atoms with Crippen LogP contribution >= 0.6 is 0 Å². The van der Waals surface area contributed by atoms with Crippen LogP contribution in [-0.4, -0.2) is 43.1 Å². The Morgan fingerprint density at radius 2 is 1.81 bits per heavy atom. The maximum atomic E-state index is 12.2. The Morgan fingerprint density at radius 3 is 2.48 bits per heavy atom. The lowest BCUT2D eigenvalue weighted by molar-refractivity contribution is -0.318. The molecule has 4 aliphatic rings. The average molecular weight is 380 g/mol. The van der Waals surface area contributed by atoms with E-state index in [1.807, 2.05) is 0 Å². The standard InChI is InChI=1S/C21H32O6/c1-12(22)25-14-11-21-15(20(4)10-6-9-19(2,3)17(14)20)8-7-13(26-21)16(27-21)18(23)24-5/h13-17H,6-11H2,1-5H3/t13-,14+,15+,16-,17-,20-,21-/m1/s1. The molecule has 2 saturated carbocycles. The maximum Gasteiger partial charge on any atom is 0.337 e. The predicted octanol–water partition coefficient (Wildman–Crippen LogP) is 3.22. The summed E-state index contributed by atoms with van der Waals surface area (Å²) in [4.78, 5) is 24.1. The highest BCUT2D eigenvalue weighted by Gasteiger charge is 2.70. The van der Waals surface area contributed by atoms with Crippen LogP contribution < -0.4 is 0 Å². The van der Waals surface area contributed by atoms with Gasteiger partial charge in [0.1, 0.15) is 6.10 Å². The van der Waals surface area contributed by atoms with Crippen LogP contribution in [0.5, 0.6) is 0 Å². The Bertz CT molecular complexity index is 645. The van der Waals surface area contributed by atoms with Crippen molar-refractivity contribution >= 4 is 11.9 Å². The minimum atomic E-state index is -0.861. The van der Waals surface area contributed by atoms with Crippen LogP contribution in [0.4, 0.5) is 0 Å². The summed E-state index contributed by atoms with van der Waals surface area (Å²) in [6.45, 7) is 8.37. The second kappa shape index (κ2) is 6.18. The summed E-state index contributed by atoms with van der Waals surface area (Å²) in [7, 11) is 1.38. The van der Waals surface area contributed by atoms with Crippen LogP contribution in [0.3, 0.4) is 0 Å². The zero-order valence-electron chi connectivity index (χ0n) is 17.1. The summed E-state index contributed by atoms with van der Waals surface area (Å²) < 4.78 is 23.5. The van der Waals surface area contributed by atoms with Gasteiger partial charge in [-0.25, -0.2) is 4.79 Å². The molecule has 152 valence electrons. The van der Waals surface area contributed by atoms with Gasteiger partial charge < -0.3 is 18.9 Å². The van der Waals surface area contributed by atoms with Crippen molar-refractivity contribution in [3.8, 4) is 0 Å². The van der Waals surface area contributed by atoms with E-state index < -0.39 is 11.9 Å². The normalized spacial score (nSPS) is 47.5. The van der Waals surface area contributed by atoms with Gasteiger partial charge in [-0.3, -0.25) is 4.79 Å². The Hall–Kier alpha value is -1.14. The second-order valence-electron chi connectivity index (χ2n) is 9.84. The van der Waals surface area contributed by atoms with E-state index in [-0.39, 0.29) is 46.8 Å². The van der Waals surface area contributed by atoms with Crippen molar-refractivity contribution in [2.24, 2.45) is 22.7 Å². The number of ether oxygens (including phenoxy) is 4. The fraction of sp³-hybridized carbons (Fsp3) is 0.905. The third-order valence-electron chi connectivity index (χ3n) is 7.78. The van der Waals surface area contributed by atoms with Gasteiger partial charge in [-0.05, 0) is 36.5 Å². The number of hydrogen-bond donors (Lipinski definition) is 0. The number of hydrogen-bond acceptors (Lipinski definition) is 6. The molecule has 2 saturated heterocycles. The highest BCUT2D eigenvalue weighted by atomic mass is 16.8.